The highest BCUT2D eigenvalue weighted by Gasteiger charge is 2.34. The molecule has 152 valence electrons. The van der Waals surface area contributed by atoms with Crippen LogP contribution in [0.2, 0.25) is 0 Å². The Bertz CT molecular complexity index is 715. The van der Waals surface area contributed by atoms with E-state index in [0.717, 1.165) is 13.0 Å². The van der Waals surface area contributed by atoms with Crippen LogP contribution in [0.15, 0.2) is 21.9 Å². The zero-order valence-electron chi connectivity index (χ0n) is 15.9. The van der Waals surface area contributed by atoms with Gasteiger partial charge in [-0.1, -0.05) is 0 Å². The van der Waals surface area contributed by atoms with Crippen molar-refractivity contribution in [1.82, 2.24) is 19.4 Å². The Labute approximate surface area is 158 Å². The van der Waals surface area contributed by atoms with E-state index in [9.17, 15) is 24.6 Å². The van der Waals surface area contributed by atoms with Crippen LogP contribution >= 0.6 is 0 Å². The standard InChI is InChI=1S/C18H30N4O5/c1-20(7-2-8-22-10-3-15(25)19-17(22)27)9-4-16(26)21-11-5-18(13-23,14-24)6-12-21/h3,10,23-24H,2,4-9,11-14H2,1H3,(H,19,25,27). The highest BCUT2D eigenvalue weighted by atomic mass is 16.3. The van der Waals surface area contributed by atoms with Crippen molar-refractivity contribution in [3.63, 3.8) is 0 Å². The predicted octanol–water partition coefficient (Wildman–Crippen LogP) is -1.16. The van der Waals surface area contributed by atoms with Gasteiger partial charge < -0.3 is 24.6 Å². The first-order valence-electron chi connectivity index (χ1n) is 9.37. The van der Waals surface area contributed by atoms with Gasteiger partial charge in [0.15, 0.2) is 0 Å². The van der Waals surface area contributed by atoms with Gasteiger partial charge in [0.2, 0.25) is 5.91 Å². The SMILES string of the molecule is CN(CCCn1ccc(=O)[nH]c1=O)CCC(=O)N1CCC(CO)(CO)CC1. The van der Waals surface area contributed by atoms with E-state index in [1.54, 1.807) is 4.90 Å². The molecule has 0 atom stereocenters. The van der Waals surface area contributed by atoms with Gasteiger partial charge in [0.05, 0.1) is 13.2 Å². The zero-order chi connectivity index (χ0) is 19.9. The minimum atomic E-state index is -0.451. The van der Waals surface area contributed by atoms with E-state index in [2.05, 4.69) is 4.98 Å². The molecule has 1 fully saturated rings. The molecule has 27 heavy (non-hydrogen) atoms. The number of carbonyl (C=O) groups excluding carboxylic acids is 1. The molecule has 0 saturated carbocycles. The molecule has 0 aliphatic carbocycles. The Morgan fingerprint density at radius 2 is 1.89 bits per heavy atom. The number of hydrogen-bond donors (Lipinski definition) is 3. The number of hydrogen-bond acceptors (Lipinski definition) is 6. The van der Waals surface area contributed by atoms with Crippen LogP contribution in [0.3, 0.4) is 0 Å². The molecule has 9 heteroatoms. The minimum absolute atomic E-state index is 0.0490. The maximum atomic E-state index is 12.4. The van der Waals surface area contributed by atoms with Crippen molar-refractivity contribution < 1.29 is 15.0 Å². The van der Waals surface area contributed by atoms with Crippen LogP contribution in [0.1, 0.15) is 25.7 Å². The normalized spacial score (nSPS) is 16.7. The Balaban J connectivity index is 1.68. The number of aliphatic hydroxyl groups is 2. The largest absolute Gasteiger partial charge is 0.396 e. The molecule has 0 spiro atoms. The van der Waals surface area contributed by atoms with Gasteiger partial charge in [0.1, 0.15) is 0 Å². The first-order chi connectivity index (χ1) is 12.9. The summed E-state index contributed by atoms with van der Waals surface area (Å²) in [5.41, 5.74) is -1.26. The summed E-state index contributed by atoms with van der Waals surface area (Å²) in [6.45, 7) is 2.90. The van der Waals surface area contributed by atoms with Crippen molar-refractivity contribution in [2.75, 3.05) is 46.4 Å². The third-order valence-corrected chi connectivity index (χ3v) is 5.39. The van der Waals surface area contributed by atoms with Gasteiger partial charge in [-0.25, -0.2) is 4.79 Å². The van der Waals surface area contributed by atoms with Crippen LogP contribution in [-0.4, -0.2) is 81.9 Å². The number of nitrogens with one attached hydrogen (secondary N) is 1. The van der Waals surface area contributed by atoms with E-state index in [1.807, 2.05) is 11.9 Å². The van der Waals surface area contributed by atoms with E-state index >= 15 is 0 Å². The Morgan fingerprint density at radius 3 is 2.48 bits per heavy atom. The van der Waals surface area contributed by atoms with Gasteiger partial charge in [0.25, 0.3) is 5.56 Å². The van der Waals surface area contributed by atoms with Crippen LogP contribution < -0.4 is 11.2 Å². The fraction of sp³-hybridized carbons (Fsp3) is 0.722. The number of aromatic amines is 1. The topological polar surface area (TPSA) is 119 Å². The van der Waals surface area contributed by atoms with E-state index in [1.165, 1.54) is 16.8 Å². The summed E-state index contributed by atoms with van der Waals surface area (Å²) in [6.07, 6.45) is 3.88. The number of rotatable bonds is 9. The van der Waals surface area contributed by atoms with Gasteiger partial charge >= 0.3 is 5.69 Å². The van der Waals surface area contributed by atoms with E-state index in [4.69, 9.17) is 0 Å². The molecule has 0 aromatic carbocycles. The first-order valence-corrected chi connectivity index (χ1v) is 9.37. The predicted molar refractivity (Wildman–Crippen MR) is 100 cm³/mol. The zero-order valence-corrected chi connectivity index (χ0v) is 15.9. The summed E-state index contributed by atoms with van der Waals surface area (Å²) >= 11 is 0. The second-order valence-corrected chi connectivity index (χ2v) is 7.41. The molecular weight excluding hydrogens is 352 g/mol. The lowest BCUT2D eigenvalue weighted by Crippen LogP contribution is -2.46. The summed E-state index contributed by atoms with van der Waals surface area (Å²) in [6, 6.07) is 1.32. The smallest absolute Gasteiger partial charge is 0.328 e. The maximum Gasteiger partial charge on any atom is 0.328 e. The van der Waals surface area contributed by atoms with Crippen molar-refractivity contribution in [1.29, 1.82) is 0 Å². The number of aryl methyl sites for hydroxylation is 1. The second-order valence-electron chi connectivity index (χ2n) is 7.41. The molecule has 1 aromatic heterocycles. The van der Waals surface area contributed by atoms with Crippen molar-refractivity contribution in [3.8, 4) is 0 Å². The van der Waals surface area contributed by atoms with Crippen LogP contribution in [0.25, 0.3) is 0 Å². The summed E-state index contributed by atoms with van der Waals surface area (Å²) < 4.78 is 1.46. The van der Waals surface area contributed by atoms with Crippen molar-refractivity contribution in [2.24, 2.45) is 5.41 Å². The summed E-state index contributed by atoms with van der Waals surface area (Å²) in [7, 11) is 1.93. The fourth-order valence-corrected chi connectivity index (χ4v) is 3.28. The van der Waals surface area contributed by atoms with E-state index < -0.39 is 16.7 Å². The Kier molecular flexibility index (Phi) is 7.76. The molecule has 1 saturated heterocycles. The molecular formula is C18H30N4O5. The first kappa shape index (κ1) is 21.3. The minimum Gasteiger partial charge on any atom is -0.396 e. The van der Waals surface area contributed by atoms with Crippen LogP contribution in [-0.2, 0) is 11.3 Å². The van der Waals surface area contributed by atoms with Gasteiger partial charge in [-0.15, -0.1) is 0 Å². The van der Waals surface area contributed by atoms with Crippen LogP contribution in [0.5, 0.6) is 0 Å². The number of aliphatic hydroxyl groups excluding tert-OH is 2. The third-order valence-electron chi connectivity index (χ3n) is 5.39. The Hall–Kier alpha value is -1.97. The number of nitrogens with zero attached hydrogens (tertiary/aromatic N) is 3. The van der Waals surface area contributed by atoms with E-state index in [0.29, 0.717) is 45.4 Å². The summed E-state index contributed by atoms with van der Waals surface area (Å²) in [5.74, 6) is 0.0863. The molecule has 1 aliphatic heterocycles. The lowest BCUT2D eigenvalue weighted by molar-refractivity contribution is -0.135. The monoisotopic (exact) mass is 382 g/mol. The molecule has 0 bridgehead atoms. The second kappa shape index (κ2) is 9.82. The molecule has 1 aromatic rings. The number of H-pyrrole nitrogens is 1. The fourth-order valence-electron chi connectivity index (χ4n) is 3.28. The van der Waals surface area contributed by atoms with Gasteiger partial charge in [0, 0.05) is 50.3 Å². The number of amides is 1. The number of carbonyl (C=O) groups is 1. The molecule has 0 unspecified atom stereocenters. The average Bonchev–Trinajstić information content (AvgIpc) is 2.68. The molecule has 1 aliphatic rings. The maximum absolute atomic E-state index is 12.4. The van der Waals surface area contributed by atoms with Crippen molar-refractivity contribution >= 4 is 5.91 Å². The van der Waals surface area contributed by atoms with Crippen LogP contribution in [0.4, 0.5) is 0 Å². The van der Waals surface area contributed by atoms with Gasteiger partial charge in [-0.3, -0.25) is 14.6 Å². The third kappa shape index (κ3) is 6.02. The summed E-state index contributed by atoms with van der Waals surface area (Å²) in [5, 5.41) is 18.9. The van der Waals surface area contributed by atoms with Gasteiger partial charge in [-0.2, -0.15) is 0 Å². The summed E-state index contributed by atoms with van der Waals surface area (Å²) in [4.78, 5) is 41.1. The van der Waals surface area contributed by atoms with Gasteiger partial charge in [-0.05, 0) is 32.9 Å². The average molecular weight is 382 g/mol. The molecule has 3 N–H and O–H groups in total. The van der Waals surface area contributed by atoms with E-state index in [-0.39, 0.29) is 19.1 Å². The Morgan fingerprint density at radius 1 is 1.22 bits per heavy atom. The highest BCUT2D eigenvalue weighted by Crippen LogP contribution is 2.30. The highest BCUT2D eigenvalue weighted by molar-refractivity contribution is 5.76. The van der Waals surface area contributed by atoms with Crippen molar-refractivity contribution in [3.05, 3.63) is 33.1 Å². The quantitative estimate of drug-likeness (QED) is 0.496. The molecule has 0 radical (unpaired) electrons. The molecule has 9 nitrogen and oxygen atoms in total. The number of likely N-dealkylation sites (tertiary alicyclic amines) is 1. The lowest BCUT2D eigenvalue weighted by atomic mass is 9.80. The van der Waals surface area contributed by atoms with Crippen LogP contribution in [0, 0.1) is 5.41 Å². The number of aromatic nitrogens is 2. The number of piperidine rings is 1. The molecule has 1 amide bonds. The lowest BCUT2D eigenvalue weighted by Gasteiger charge is -2.39. The molecule has 2 heterocycles. The molecule has 2 rings (SSSR count). The van der Waals surface area contributed by atoms with Crippen molar-refractivity contribution in [2.45, 2.75) is 32.2 Å².